The average molecular weight is 559 g/mol. The maximum Gasteiger partial charge on any atom is 0.435 e. The number of halogens is 12. The second-order valence-electron chi connectivity index (χ2n) is 7.67. The zero-order chi connectivity index (χ0) is 28.2. The van der Waals surface area contributed by atoms with E-state index >= 15 is 0 Å². The molecular weight excluding hydrogens is 550 g/mol. The Morgan fingerprint density at radius 3 is 2.00 bits per heavy atom. The zero-order valence-electron chi connectivity index (χ0n) is 18.0. The predicted octanol–water partition coefficient (Wildman–Crippen LogP) is 7.23. The van der Waals surface area contributed by atoms with Gasteiger partial charge in [0.2, 0.25) is 0 Å². The molecule has 0 bridgehead atoms. The summed E-state index contributed by atoms with van der Waals surface area (Å²) in [5, 5.41) is 0. The summed E-state index contributed by atoms with van der Waals surface area (Å²) in [5.41, 5.74) is -7.82. The molecule has 0 aliphatic carbocycles. The van der Waals surface area contributed by atoms with Crippen molar-refractivity contribution >= 4 is 11.2 Å². The fourth-order valence-electron chi connectivity index (χ4n) is 3.40. The van der Waals surface area contributed by atoms with Gasteiger partial charge in [-0.3, -0.25) is 9.55 Å². The Kier molecular flexibility index (Phi) is 6.51. The van der Waals surface area contributed by atoms with Crippen LogP contribution in [-0.4, -0.2) is 30.7 Å². The molecule has 3 heterocycles. The summed E-state index contributed by atoms with van der Waals surface area (Å²) in [6, 6.07) is 2.61. The van der Waals surface area contributed by atoms with Gasteiger partial charge < -0.3 is 0 Å². The fraction of sp³-hybridized carbons (Fsp3) is 0.238. The number of aromatic nitrogens is 5. The lowest BCUT2D eigenvalue weighted by molar-refractivity contribution is -0.141. The molecule has 17 heteroatoms. The number of nitrogens with zero attached hydrogens (tertiary/aromatic N) is 5. The Labute approximate surface area is 202 Å². The number of hydrogen-bond acceptors (Lipinski definition) is 4. The van der Waals surface area contributed by atoms with Crippen LogP contribution in [0.2, 0.25) is 0 Å². The van der Waals surface area contributed by atoms with Crippen molar-refractivity contribution < 1.29 is 52.7 Å². The highest BCUT2D eigenvalue weighted by molar-refractivity contribution is 5.82. The van der Waals surface area contributed by atoms with E-state index in [1.807, 2.05) is 0 Å². The second-order valence-corrected chi connectivity index (χ2v) is 7.67. The summed E-state index contributed by atoms with van der Waals surface area (Å²) in [6.07, 6.45) is -18.1. The van der Waals surface area contributed by atoms with Gasteiger partial charge in [0.05, 0.1) is 5.56 Å². The van der Waals surface area contributed by atoms with Crippen molar-refractivity contribution in [1.82, 2.24) is 24.5 Å². The molecule has 0 N–H and O–H groups in total. The van der Waals surface area contributed by atoms with E-state index in [-0.39, 0.29) is 10.6 Å². The summed E-state index contributed by atoms with van der Waals surface area (Å²) in [5.74, 6) is -3.48. The Hall–Kier alpha value is -3.92. The third kappa shape index (κ3) is 5.35. The Balaban J connectivity index is 2.02. The van der Waals surface area contributed by atoms with Gasteiger partial charge in [-0.2, -0.15) is 39.5 Å². The zero-order valence-corrected chi connectivity index (χ0v) is 18.0. The molecule has 0 saturated carbocycles. The first-order valence-corrected chi connectivity index (χ1v) is 9.99. The number of hydrogen-bond donors (Lipinski definition) is 0. The number of benzene rings is 1. The van der Waals surface area contributed by atoms with Crippen molar-refractivity contribution in [2.75, 3.05) is 0 Å². The molecule has 0 spiro atoms. The van der Waals surface area contributed by atoms with Gasteiger partial charge in [-0.1, -0.05) is 6.07 Å². The van der Waals surface area contributed by atoms with Gasteiger partial charge in [-0.25, -0.2) is 28.1 Å². The second kappa shape index (κ2) is 9.13. The summed E-state index contributed by atoms with van der Waals surface area (Å²) >= 11 is 0. The van der Waals surface area contributed by atoms with Crippen LogP contribution in [0.5, 0.6) is 0 Å². The maximum absolute atomic E-state index is 14.6. The van der Waals surface area contributed by atoms with Crippen LogP contribution in [0.1, 0.15) is 23.4 Å². The van der Waals surface area contributed by atoms with Gasteiger partial charge in [0.25, 0.3) is 6.43 Å². The lowest BCUT2D eigenvalue weighted by Gasteiger charge is -2.13. The van der Waals surface area contributed by atoms with Gasteiger partial charge in [-0.05, 0) is 24.3 Å². The van der Waals surface area contributed by atoms with Crippen LogP contribution < -0.4 is 0 Å². The van der Waals surface area contributed by atoms with Crippen LogP contribution >= 0.6 is 0 Å². The van der Waals surface area contributed by atoms with E-state index in [1.165, 1.54) is 0 Å². The Bertz CT molecular complexity index is 1480. The van der Waals surface area contributed by atoms with E-state index in [0.717, 1.165) is 0 Å². The van der Waals surface area contributed by atoms with Crippen molar-refractivity contribution in [3.05, 3.63) is 59.3 Å². The molecule has 0 atom stereocenters. The molecule has 0 fully saturated rings. The number of fused-ring (bicyclic) bond motifs is 1. The maximum atomic E-state index is 14.6. The van der Waals surface area contributed by atoms with E-state index in [2.05, 4.69) is 19.9 Å². The molecule has 3 aromatic heterocycles. The molecule has 1 aromatic carbocycles. The van der Waals surface area contributed by atoms with Crippen LogP contribution in [0.3, 0.4) is 0 Å². The standard InChI is InChI=1S/C21H9F12N5/c22-11-5-8(15(23)24)1-3-10(11)17-35-13-14(21(31,32)33)36-16(37-18(13)38(17)7-19(25,26)27)9-2-4-12(34-6-9)20(28,29)30/h1-6,15H,7H2. The lowest BCUT2D eigenvalue weighted by atomic mass is 10.1. The number of pyridine rings is 1. The van der Waals surface area contributed by atoms with Gasteiger partial charge in [0.15, 0.2) is 17.2 Å². The minimum atomic E-state index is -5.36. The first-order chi connectivity index (χ1) is 17.5. The Morgan fingerprint density at radius 2 is 1.50 bits per heavy atom. The van der Waals surface area contributed by atoms with Crippen LogP contribution in [0.15, 0.2) is 36.5 Å². The number of rotatable bonds is 4. The first kappa shape index (κ1) is 27.1. The molecule has 0 aliphatic rings. The lowest BCUT2D eigenvalue weighted by Crippen LogP contribution is -2.19. The van der Waals surface area contributed by atoms with E-state index in [4.69, 9.17) is 0 Å². The van der Waals surface area contributed by atoms with Crippen LogP contribution in [0.4, 0.5) is 52.7 Å². The molecule has 5 nitrogen and oxygen atoms in total. The molecule has 0 radical (unpaired) electrons. The van der Waals surface area contributed by atoms with Crippen molar-refractivity contribution in [3.63, 3.8) is 0 Å². The van der Waals surface area contributed by atoms with E-state index in [9.17, 15) is 52.7 Å². The largest absolute Gasteiger partial charge is 0.435 e. The topological polar surface area (TPSA) is 56.5 Å². The Morgan fingerprint density at radius 1 is 0.816 bits per heavy atom. The molecule has 0 amide bonds. The minimum Gasteiger partial charge on any atom is -0.299 e. The monoisotopic (exact) mass is 559 g/mol. The quantitative estimate of drug-likeness (QED) is 0.248. The molecule has 38 heavy (non-hydrogen) atoms. The van der Waals surface area contributed by atoms with Gasteiger partial charge >= 0.3 is 18.5 Å². The third-order valence-corrected chi connectivity index (χ3v) is 5.00. The molecular formula is C21H9F12N5. The summed E-state index contributed by atoms with van der Waals surface area (Å²) in [4.78, 5) is 13.4. The molecule has 202 valence electrons. The van der Waals surface area contributed by atoms with Crippen molar-refractivity contribution in [2.45, 2.75) is 31.5 Å². The highest BCUT2D eigenvalue weighted by Crippen LogP contribution is 2.38. The van der Waals surface area contributed by atoms with Gasteiger partial charge in [0, 0.05) is 17.3 Å². The SMILES string of the molecule is Fc1cc(C(F)F)ccc1-c1nc2c(C(F)(F)F)nc(-c3ccc(C(F)(F)F)nc3)nc2n1CC(F)(F)F. The van der Waals surface area contributed by atoms with E-state index in [1.54, 1.807) is 0 Å². The van der Waals surface area contributed by atoms with Crippen LogP contribution in [0.25, 0.3) is 33.9 Å². The fourth-order valence-corrected chi connectivity index (χ4v) is 3.40. The highest BCUT2D eigenvalue weighted by Gasteiger charge is 2.40. The average Bonchev–Trinajstić information content (AvgIpc) is 3.13. The highest BCUT2D eigenvalue weighted by atomic mass is 19.4. The van der Waals surface area contributed by atoms with Crippen LogP contribution in [-0.2, 0) is 18.9 Å². The molecule has 0 aliphatic heterocycles. The van der Waals surface area contributed by atoms with E-state index < -0.39 is 88.2 Å². The minimum absolute atomic E-state index is 0.0771. The molecule has 4 rings (SSSR count). The van der Waals surface area contributed by atoms with Gasteiger partial charge in [0.1, 0.15) is 29.4 Å². The smallest absolute Gasteiger partial charge is 0.299 e. The molecule has 0 unspecified atom stereocenters. The van der Waals surface area contributed by atoms with Crippen molar-refractivity contribution in [3.8, 4) is 22.8 Å². The van der Waals surface area contributed by atoms with Gasteiger partial charge in [-0.15, -0.1) is 0 Å². The summed E-state index contributed by atoms with van der Waals surface area (Å²) < 4.78 is 161. The number of imidazole rings is 1. The van der Waals surface area contributed by atoms with Crippen molar-refractivity contribution in [1.29, 1.82) is 0 Å². The molecule has 0 saturated heterocycles. The first-order valence-electron chi connectivity index (χ1n) is 9.99. The number of alkyl halides is 11. The normalized spacial score (nSPS) is 13.1. The van der Waals surface area contributed by atoms with Crippen molar-refractivity contribution in [2.24, 2.45) is 0 Å². The third-order valence-electron chi connectivity index (χ3n) is 5.00. The molecule has 4 aromatic rings. The van der Waals surface area contributed by atoms with Crippen LogP contribution in [0, 0.1) is 5.82 Å². The van der Waals surface area contributed by atoms with E-state index in [0.29, 0.717) is 30.5 Å². The summed E-state index contributed by atoms with van der Waals surface area (Å²) in [7, 11) is 0. The summed E-state index contributed by atoms with van der Waals surface area (Å²) in [6.45, 7) is -2.03. The predicted molar refractivity (Wildman–Crippen MR) is 105 cm³/mol.